The van der Waals surface area contributed by atoms with Crippen LogP contribution in [0.4, 0.5) is 0 Å². The normalized spacial score (nSPS) is 14.2. The minimum absolute atomic E-state index is 0.244. The van der Waals surface area contributed by atoms with E-state index in [4.69, 9.17) is 28.4 Å². The molecule has 2 heterocycles. The van der Waals surface area contributed by atoms with Crippen molar-refractivity contribution in [2.45, 2.75) is 13.2 Å². The average molecular weight is 380 g/mol. The average Bonchev–Trinajstić information content (AvgIpc) is 3.37. The van der Waals surface area contributed by atoms with Crippen LogP contribution in [-0.4, -0.2) is 28.1 Å². The van der Waals surface area contributed by atoms with Gasteiger partial charge in [-0.25, -0.2) is 0 Å². The first-order valence-electron chi connectivity index (χ1n) is 8.99. The van der Waals surface area contributed by atoms with Crippen LogP contribution in [0.15, 0.2) is 30.3 Å². The van der Waals surface area contributed by atoms with Gasteiger partial charge in [0.2, 0.25) is 12.5 Å². The highest BCUT2D eigenvalue weighted by atomic mass is 16.7. The van der Waals surface area contributed by atoms with E-state index in [1.165, 1.54) is 11.1 Å². The first kappa shape index (κ1) is 17.0. The van der Waals surface area contributed by atoms with E-state index >= 15 is 0 Å². The van der Waals surface area contributed by atoms with Crippen LogP contribution in [-0.2, 0) is 18.0 Å². The summed E-state index contributed by atoms with van der Waals surface area (Å²) < 4.78 is 33.6. The van der Waals surface area contributed by atoms with Crippen molar-refractivity contribution in [3.8, 4) is 39.9 Å². The van der Waals surface area contributed by atoms with Crippen LogP contribution in [0.25, 0.3) is 21.9 Å². The second kappa shape index (κ2) is 6.49. The molecular weight excluding hydrogens is 360 g/mol. The molecule has 0 aliphatic carbocycles. The standard InChI is InChI=1S/C22H20O6/c1-23-19-6-13(7-20(24-2)22(19)25-3)21-15-8-18-17(27-11-28-18)5-12(15)4-14-9-26-10-16(14)21/h4-8H,9-11H2,1-3H3. The molecule has 144 valence electrons. The highest BCUT2D eigenvalue weighted by Gasteiger charge is 2.25. The van der Waals surface area contributed by atoms with Gasteiger partial charge in [-0.1, -0.05) is 0 Å². The van der Waals surface area contributed by atoms with Crippen LogP contribution in [0.3, 0.4) is 0 Å². The summed E-state index contributed by atoms with van der Waals surface area (Å²) in [6, 6.07) is 10.2. The summed E-state index contributed by atoms with van der Waals surface area (Å²) in [4.78, 5) is 0. The summed E-state index contributed by atoms with van der Waals surface area (Å²) in [5, 5.41) is 2.15. The zero-order valence-electron chi connectivity index (χ0n) is 16.0. The Morgan fingerprint density at radius 3 is 2.18 bits per heavy atom. The minimum atomic E-state index is 0.244. The van der Waals surface area contributed by atoms with E-state index in [-0.39, 0.29) is 6.79 Å². The zero-order chi connectivity index (χ0) is 19.3. The smallest absolute Gasteiger partial charge is 0.231 e. The van der Waals surface area contributed by atoms with Crippen LogP contribution in [0.5, 0.6) is 28.7 Å². The molecule has 2 aliphatic rings. The summed E-state index contributed by atoms with van der Waals surface area (Å²) in [6.07, 6.45) is 0. The van der Waals surface area contributed by atoms with Crippen molar-refractivity contribution < 1.29 is 28.4 Å². The molecule has 5 rings (SSSR count). The molecule has 6 nitrogen and oxygen atoms in total. The first-order valence-corrected chi connectivity index (χ1v) is 8.99. The predicted octanol–water partition coefficient (Wildman–Crippen LogP) is 4.29. The number of hydrogen-bond donors (Lipinski definition) is 0. The van der Waals surface area contributed by atoms with Crippen molar-refractivity contribution >= 4 is 10.8 Å². The number of hydrogen-bond acceptors (Lipinski definition) is 6. The highest BCUT2D eigenvalue weighted by molar-refractivity contribution is 6.01. The molecule has 0 bridgehead atoms. The molecular formula is C22H20O6. The molecule has 3 aromatic carbocycles. The first-order chi connectivity index (χ1) is 13.7. The predicted molar refractivity (Wildman–Crippen MR) is 104 cm³/mol. The summed E-state index contributed by atoms with van der Waals surface area (Å²) >= 11 is 0. The Kier molecular flexibility index (Phi) is 3.94. The summed E-state index contributed by atoms with van der Waals surface area (Å²) in [5.41, 5.74) is 4.40. The molecule has 6 heteroatoms. The summed E-state index contributed by atoms with van der Waals surface area (Å²) in [6.45, 7) is 1.40. The third-order valence-electron chi connectivity index (χ3n) is 5.29. The number of methoxy groups -OCH3 is 3. The van der Waals surface area contributed by atoms with E-state index in [1.807, 2.05) is 24.3 Å². The lowest BCUT2D eigenvalue weighted by Crippen LogP contribution is -1.97. The minimum Gasteiger partial charge on any atom is -0.493 e. The molecule has 0 atom stereocenters. The molecule has 0 unspecified atom stereocenters. The molecule has 0 radical (unpaired) electrons. The molecule has 0 amide bonds. The summed E-state index contributed by atoms with van der Waals surface area (Å²) in [7, 11) is 4.84. The fraction of sp³-hybridized carbons (Fsp3) is 0.273. The Morgan fingerprint density at radius 2 is 1.50 bits per heavy atom. The van der Waals surface area contributed by atoms with Gasteiger partial charge < -0.3 is 28.4 Å². The van der Waals surface area contributed by atoms with Gasteiger partial charge in [-0.05, 0) is 63.4 Å². The molecule has 0 saturated carbocycles. The van der Waals surface area contributed by atoms with Gasteiger partial charge in [-0.2, -0.15) is 0 Å². The van der Waals surface area contributed by atoms with Crippen molar-refractivity contribution in [2.75, 3.05) is 28.1 Å². The maximum Gasteiger partial charge on any atom is 0.231 e. The molecule has 0 N–H and O–H groups in total. The van der Waals surface area contributed by atoms with Crippen LogP contribution < -0.4 is 23.7 Å². The molecule has 0 saturated heterocycles. The van der Waals surface area contributed by atoms with Crippen LogP contribution in [0, 0.1) is 0 Å². The molecule has 3 aromatic rings. The van der Waals surface area contributed by atoms with Crippen molar-refractivity contribution in [1.29, 1.82) is 0 Å². The van der Waals surface area contributed by atoms with Crippen molar-refractivity contribution in [1.82, 2.24) is 0 Å². The van der Waals surface area contributed by atoms with E-state index in [0.717, 1.165) is 33.4 Å². The Bertz CT molecular complexity index is 1060. The summed E-state index contributed by atoms with van der Waals surface area (Å²) in [5.74, 6) is 3.31. The van der Waals surface area contributed by atoms with Gasteiger partial charge in [-0.3, -0.25) is 0 Å². The topological polar surface area (TPSA) is 55.4 Å². The number of fused-ring (bicyclic) bond motifs is 3. The number of ether oxygens (including phenoxy) is 6. The second-order valence-electron chi connectivity index (χ2n) is 6.72. The van der Waals surface area contributed by atoms with E-state index < -0.39 is 0 Å². The van der Waals surface area contributed by atoms with Crippen molar-refractivity contribution in [3.05, 3.63) is 41.5 Å². The maximum absolute atomic E-state index is 5.76. The van der Waals surface area contributed by atoms with Crippen LogP contribution in [0.2, 0.25) is 0 Å². The quantitative estimate of drug-likeness (QED) is 0.673. The van der Waals surface area contributed by atoms with E-state index in [1.54, 1.807) is 21.3 Å². The van der Waals surface area contributed by atoms with Crippen molar-refractivity contribution in [2.24, 2.45) is 0 Å². The van der Waals surface area contributed by atoms with E-state index in [0.29, 0.717) is 30.5 Å². The highest BCUT2D eigenvalue weighted by Crippen LogP contribution is 2.47. The largest absolute Gasteiger partial charge is 0.493 e. The second-order valence-corrected chi connectivity index (χ2v) is 6.72. The lowest BCUT2D eigenvalue weighted by molar-refractivity contribution is 0.134. The molecule has 0 fully saturated rings. The monoisotopic (exact) mass is 380 g/mol. The van der Waals surface area contributed by atoms with Gasteiger partial charge in [0.05, 0.1) is 34.5 Å². The Hall–Kier alpha value is -3.12. The van der Waals surface area contributed by atoms with Gasteiger partial charge in [0.1, 0.15) is 0 Å². The van der Waals surface area contributed by atoms with Gasteiger partial charge in [0.15, 0.2) is 23.0 Å². The zero-order valence-corrected chi connectivity index (χ0v) is 16.0. The van der Waals surface area contributed by atoms with E-state index in [9.17, 15) is 0 Å². The number of rotatable bonds is 4. The third kappa shape index (κ3) is 2.45. The Balaban J connectivity index is 1.84. The molecule has 0 aromatic heterocycles. The van der Waals surface area contributed by atoms with Gasteiger partial charge in [0.25, 0.3) is 0 Å². The van der Waals surface area contributed by atoms with Crippen LogP contribution in [0.1, 0.15) is 11.1 Å². The molecule has 2 aliphatic heterocycles. The van der Waals surface area contributed by atoms with E-state index in [2.05, 4.69) is 6.07 Å². The van der Waals surface area contributed by atoms with Gasteiger partial charge >= 0.3 is 0 Å². The maximum atomic E-state index is 5.76. The molecule has 28 heavy (non-hydrogen) atoms. The Labute approximate surface area is 162 Å². The fourth-order valence-corrected chi connectivity index (χ4v) is 4.00. The molecule has 0 spiro atoms. The lowest BCUT2D eigenvalue weighted by Gasteiger charge is -2.17. The number of benzene rings is 3. The Morgan fingerprint density at radius 1 is 0.786 bits per heavy atom. The SMILES string of the molecule is COc1cc(-c2c3c(cc4cc5c(cc24)OCO5)COC3)cc(OC)c1OC. The van der Waals surface area contributed by atoms with Crippen LogP contribution >= 0.6 is 0 Å². The fourth-order valence-electron chi connectivity index (χ4n) is 4.00. The van der Waals surface area contributed by atoms with Crippen molar-refractivity contribution in [3.63, 3.8) is 0 Å². The third-order valence-corrected chi connectivity index (χ3v) is 5.29. The van der Waals surface area contributed by atoms with Gasteiger partial charge in [-0.15, -0.1) is 0 Å². The lowest BCUT2D eigenvalue weighted by atomic mass is 9.90. The van der Waals surface area contributed by atoms with Gasteiger partial charge in [0, 0.05) is 0 Å².